The van der Waals surface area contributed by atoms with Gasteiger partial charge in [-0.1, -0.05) is 0 Å². The van der Waals surface area contributed by atoms with Crippen molar-refractivity contribution >= 4 is 0 Å². The standard InChI is InChI=1S/C11H21NO3/c1-13-10-3-5-12(9-10)6-4-11-14-7-2-8-15-11/h10-11H,2-9H2,1H3. The van der Waals surface area contributed by atoms with Crippen LogP contribution in [0, 0.1) is 0 Å². The van der Waals surface area contributed by atoms with E-state index in [0.29, 0.717) is 6.10 Å². The van der Waals surface area contributed by atoms with Gasteiger partial charge in [-0.15, -0.1) is 0 Å². The Bertz CT molecular complexity index is 183. The number of hydrogen-bond acceptors (Lipinski definition) is 4. The van der Waals surface area contributed by atoms with E-state index in [1.807, 2.05) is 0 Å². The van der Waals surface area contributed by atoms with Gasteiger partial charge in [0.1, 0.15) is 0 Å². The van der Waals surface area contributed by atoms with Gasteiger partial charge in [0.25, 0.3) is 0 Å². The molecule has 2 aliphatic heterocycles. The van der Waals surface area contributed by atoms with Gasteiger partial charge in [0.05, 0.1) is 19.3 Å². The zero-order valence-electron chi connectivity index (χ0n) is 9.48. The Hall–Kier alpha value is -0.160. The van der Waals surface area contributed by atoms with Crippen molar-refractivity contribution in [2.24, 2.45) is 0 Å². The van der Waals surface area contributed by atoms with E-state index in [-0.39, 0.29) is 6.29 Å². The molecule has 2 fully saturated rings. The Balaban J connectivity index is 1.61. The molecule has 2 rings (SSSR count). The van der Waals surface area contributed by atoms with Crippen molar-refractivity contribution in [1.82, 2.24) is 4.90 Å². The van der Waals surface area contributed by atoms with E-state index in [9.17, 15) is 0 Å². The molecule has 0 aromatic carbocycles. The summed E-state index contributed by atoms with van der Waals surface area (Å²) >= 11 is 0. The van der Waals surface area contributed by atoms with E-state index in [1.165, 1.54) is 0 Å². The average molecular weight is 215 g/mol. The minimum absolute atomic E-state index is 0.0281. The monoisotopic (exact) mass is 215 g/mol. The Morgan fingerprint density at radius 1 is 1.33 bits per heavy atom. The van der Waals surface area contributed by atoms with Crippen LogP contribution >= 0.6 is 0 Å². The van der Waals surface area contributed by atoms with Crippen LogP contribution in [-0.4, -0.2) is 57.3 Å². The molecule has 0 aromatic rings. The van der Waals surface area contributed by atoms with Crippen LogP contribution in [0.5, 0.6) is 0 Å². The third kappa shape index (κ3) is 3.41. The largest absolute Gasteiger partial charge is 0.380 e. The van der Waals surface area contributed by atoms with E-state index >= 15 is 0 Å². The fraction of sp³-hybridized carbons (Fsp3) is 1.00. The van der Waals surface area contributed by atoms with Crippen molar-refractivity contribution in [2.45, 2.75) is 31.7 Å². The number of likely N-dealkylation sites (tertiary alicyclic amines) is 1. The molecule has 4 heteroatoms. The van der Waals surface area contributed by atoms with Crippen molar-refractivity contribution in [1.29, 1.82) is 0 Å². The van der Waals surface area contributed by atoms with E-state index in [0.717, 1.165) is 52.1 Å². The van der Waals surface area contributed by atoms with Crippen LogP contribution in [0.3, 0.4) is 0 Å². The molecular formula is C11H21NO3. The first-order valence-corrected chi connectivity index (χ1v) is 5.87. The van der Waals surface area contributed by atoms with Gasteiger partial charge in [0, 0.05) is 33.2 Å². The summed E-state index contributed by atoms with van der Waals surface area (Å²) in [6.07, 6.45) is 3.63. The number of methoxy groups -OCH3 is 1. The zero-order chi connectivity index (χ0) is 10.5. The third-order valence-electron chi connectivity index (χ3n) is 3.14. The second-order valence-corrected chi connectivity index (χ2v) is 4.26. The van der Waals surface area contributed by atoms with Crippen molar-refractivity contribution < 1.29 is 14.2 Å². The fourth-order valence-electron chi connectivity index (χ4n) is 2.18. The highest BCUT2D eigenvalue weighted by molar-refractivity contribution is 4.75. The van der Waals surface area contributed by atoms with Crippen molar-refractivity contribution in [3.05, 3.63) is 0 Å². The molecule has 0 amide bonds. The van der Waals surface area contributed by atoms with E-state index < -0.39 is 0 Å². The molecule has 1 unspecified atom stereocenters. The SMILES string of the molecule is COC1CCN(CCC2OCCCO2)C1. The molecule has 0 aromatic heterocycles. The maximum Gasteiger partial charge on any atom is 0.158 e. The van der Waals surface area contributed by atoms with Crippen LogP contribution in [0.1, 0.15) is 19.3 Å². The molecule has 1 atom stereocenters. The van der Waals surface area contributed by atoms with Crippen LogP contribution in [0.25, 0.3) is 0 Å². The number of hydrogen-bond donors (Lipinski definition) is 0. The van der Waals surface area contributed by atoms with Crippen LogP contribution < -0.4 is 0 Å². The van der Waals surface area contributed by atoms with Crippen LogP contribution in [0.4, 0.5) is 0 Å². The summed E-state index contributed by atoms with van der Waals surface area (Å²) in [7, 11) is 1.79. The molecule has 88 valence electrons. The smallest absolute Gasteiger partial charge is 0.158 e. The van der Waals surface area contributed by atoms with E-state index in [1.54, 1.807) is 7.11 Å². The van der Waals surface area contributed by atoms with Crippen molar-refractivity contribution in [3.63, 3.8) is 0 Å². The molecule has 2 aliphatic rings. The summed E-state index contributed by atoms with van der Waals surface area (Å²) in [6, 6.07) is 0. The predicted molar refractivity (Wildman–Crippen MR) is 56.8 cm³/mol. The van der Waals surface area contributed by atoms with Gasteiger partial charge in [-0.2, -0.15) is 0 Å². The lowest BCUT2D eigenvalue weighted by atomic mass is 10.3. The summed E-state index contributed by atoms with van der Waals surface area (Å²) in [5.41, 5.74) is 0. The number of rotatable bonds is 4. The summed E-state index contributed by atoms with van der Waals surface area (Å²) in [4.78, 5) is 2.43. The topological polar surface area (TPSA) is 30.9 Å². The van der Waals surface area contributed by atoms with Gasteiger partial charge in [-0.05, 0) is 12.8 Å². The first-order chi connectivity index (χ1) is 7.38. The van der Waals surface area contributed by atoms with Crippen molar-refractivity contribution in [2.75, 3.05) is 40.0 Å². The predicted octanol–water partition coefficient (Wildman–Crippen LogP) is 0.860. The average Bonchev–Trinajstić information content (AvgIpc) is 2.76. The Labute approximate surface area is 91.5 Å². The second kappa shape index (κ2) is 5.80. The van der Waals surface area contributed by atoms with Gasteiger partial charge in [-0.25, -0.2) is 0 Å². The second-order valence-electron chi connectivity index (χ2n) is 4.26. The van der Waals surface area contributed by atoms with E-state index in [2.05, 4.69) is 4.90 Å². The minimum Gasteiger partial charge on any atom is -0.380 e. The number of ether oxygens (including phenoxy) is 3. The molecule has 2 heterocycles. The lowest BCUT2D eigenvalue weighted by Crippen LogP contribution is -2.31. The van der Waals surface area contributed by atoms with Gasteiger partial charge in [-0.3, -0.25) is 0 Å². The van der Waals surface area contributed by atoms with Gasteiger partial charge in [0.2, 0.25) is 0 Å². The summed E-state index contributed by atoms with van der Waals surface area (Å²) in [5.74, 6) is 0. The fourth-order valence-corrected chi connectivity index (χ4v) is 2.18. The molecule has 0 spiro atoms. The van der Waals surface area contributed by atoms with Gasteiger partial charge < -0.3 is 19.1 Å². The van der Waals surface area contributed by atoms with E-state index in [4.69, 9.17) is 14.2 Å². The third-order valence-corrected chi connectivity index (χ3v) is 3.14. The van der Waals surface area contributed by atoms with Gasteiger partial charge in [0.15, 0.2) is 6.29 Å². The molecule has 0 N–H and O–H groups in total. The quantitative estimate of drug-likeness (QED) is 0.696. The molecule has 0 bridgehead atoms. The maximum absolute atomic E-state index is 5.51. The highest BCUT2D eigenvalue weighted by atomic mass is 16.7. The molecular weight excluding hydrogens is 194 g/mol. The highest BCUT2D eigenvalue weighted by Crippen LogP contribution is 2.14. The highest BCUT2D eigenvalue weighted by Gasteiger charge is 2.23. The first-order valence-electron chi connectivity index (χ1n) is 5.87. The molecule has 4 nitrogen and oxygen atoms in total. The summed E-state index contributed by atoms with van der Waals surface area (Å²) in [6.45, 7) is 4.97. The molecule has 0 radical (unpaired) electrons. The Morgan fingerprint density at radius 3 is 2.80 bits per heavy atom. The van der Waals surface area contributed by atoms with Gasteiger partial charge >= 0.3 is 0 Å². The molecule has 0 aliphatic carbocycles. The normalized spacial score (nSPS) is 29.8. The molecule has 15 heavy (non-hydrogen) atoms. The maximum atomic E-state index is 5.51. The summed E-state index contributed by atoms with van der Waals surface area (Å²) < 4.78 is 16.4. The number of nitrogens with zero attached hydrogens (tertiary/aromatic N) is 1. The van der Waals surface area contributed by atoms with Crippen LogP contribution in [0.2, 0.25) is 0 Å². The Kier molecular flexibility index (Phi) is 4.38. The van der Waals surface area contributed by atoms with Crippen LogP contribution in [0.15, 0.2) is 0 Å². The molecule has 0 saturated carbocycles. The van der Waals surface area contributed by atoms with Crippen molar-refractivity contribution in [3.8, 4) is 0 Å². The zero-order valence-corrected chi connectivity index (χ0v) is 9.48. The molecule has 2 saturated heterocycles. The first kappa shape index (κ1) is 11.3. The lowest BCUT2D eigenvalue weighted by Gasteiger charge is -2.25. The van der Waals surface area contributed by atoms with Crippen LogP contribution in [-0.2, 0) is 14.2 Å². The Morgan fingerprint density at radius 2 is 2.13 bits per heavy atom. The lowest BCUT2D eigenvalue weighted by molar-refractivity contribution is -0.182. The minimum atomic E-state index is 0.0281. The summed E-state index contributed by atoms with van der Waals surface area (Å²) in [5, 5.41) is 0.